The Bertz CT molecular complexity index is 670. The van der Waals surface area contributed by atoms with Crippen molar-refractivity contribution in [3.8, 4) is 11.5 Å². The van der Waals surface area contributed by atoms with Crippen LogP contribution in [0.2, 0.25) is 0 Å². The molecule has 20 heavy (non-hydrogen) atoms. The largest absolute Gasteiger partial charge is 0.440 e. The van der Waals surface area contributed by atoms with Gasteiger partial charge in [-0.15, -0.1) is 0 Å². The number of nitrogens with one attached hydrogen (secondary N) is 1. The molecule has 0 aliphatic rings. The monoisotopic (exact) mass is 298 g/mol. The van der Waals surface area contributed by atoms with Crippen LogP contribution in [0, 0.1) is 12.8 Å². The summed E-state index contributed by atoms with van der Waals surface area (Å²) >= 11 is 0. The van der Waals surface area contributed by atoms with Crippen LogP contribution in [0.1, 0.15) is 26.0 Å². The Kier molecular flexibility index (Phi) is 4.29. The molecule has 0 bridgehead atoms. The van der Waals surface area contributed by atoms with Crippen LogP contribution in [0.5, 0.6) is 0 Å². The van der Waals surface area contributed by atoms with Crippen LogP contribution in [-0.4, -0.2) is 20.1 Å². The Labute approximate surface area is 118 Å². The summed E-state index contributed by atoms with van der Waals surface area (Å²) in [5.74, 6) is 1.18. The lowest BCUT2D eigenvalue weighted by Gasteiger charge is -2.05. The molecule has 0 saturated carbocycles. The molecule has 2 aromatic rings. The van der Waals surface area contributed by atoms with E-state index >= 15 is 0 Å². The van der Waals surface area contributed by atoms with Crippen LogP contribution in [0.3, 0.4) is 0 Å². The van der Waals surface area contributed by atoms with Gasteiger partial charge in [-0.05, 0) is 31.4 Å². The number of furan rings is 1. The molecule has 6 nitrogen and oxygen atoms in total. The van der Waals surface area contributed by atoms with E-state index in [1.54, 1.807) is 19.1 Å². The molecule has 0 aliphatic carbocycles. The molecule has 0 fully saturated rings. The molecule has 0 atom stereocenters. The molecular formula is C13H18N2O4S. The third-order valence-corrected chi connectivity index (χ3v) is 4.06. The van der Waals surface area contributed by atoms with Crippen molar-refractivity contribution in [1.29, 1.82) is 0 Å². The van der Waals surface area contributed by atoms with Crippen molar-refractivity contribution in [3.05, 3.63) is 23.9 Å². The lowest BCUT2D eigenvalue weighted by Crippen LogP contribution is -2.25. The van der Waals surface area contributed by atoms with E-state index < -0.39 is 10.0 Å². The van der Waals surface area contributed by atoms with E-state index in [-0.39, 0.29) is 5.09 Å². The van der Waals surface area contributed by atoms with Gasteiger partial charge < -0.3 is 8.94 Å². The molecule has 2 rings (SSSR count). The topological polar surface area (TPSA) is 85.3 Å². The normalized spacial score (nSPS) is 12.2. The van der Waals surface area contributed by atoms with Crippen molar-refractivity contribution in [2.45, 2.75) is 32.3 Å². The van der Waals surface area contributed by atoms with Crippen molar-refractivity contribution >= 4 is 10.0 Å². The van der Waals surface area contributed by atoms with E-state index in [0.29, 0.717) is 29.7 Å². The zero-order valence-electron chi connectivity index (χ0n) is 11.7. The van der Waals surface area contributed by atoms with Crippen LogP contribution >= 0.6 is 0 Å². The fourth-order valence-electron chi connectivity index (χ4n) is 1.63. The predicted molar refractivity (Wildman–Crippen MR) is 73.6 cm³/mol. The molecule has 0 aromatic carbocycles. The van der Waals surface area contributed by atoms with Gasteiger partial charge in [0.2, 0.25) is 10.9 Å². The first kappa shape index (κ1) is 14.8. The Morgan fingerprint density at radius 1 is 1.30 bits per heavy atom. The van der Waals surface area contributed by atoms with Crippen molar-refractivity contribution in [2.75, 3.05) is 6.54 Å². The summed E-state index contributed by atoms with van der Waals surface area (Å²) in [5, 5.41) is 3.61. The molecule has 2 heterocycles. The van der Waals surface area contributed by atoms with Gasteiger partial charge >= 0.3 is 0 Å². The summed E-state index contributed by atoms with van der Waals surface area (Å²) in [5.41, 5.74) is 0.705. The number of aryl methyl sites for hydroxylation is 1. The van der Waals surface area contributed by atoms with Crippen molar-refractivity contribution in [1.82, 2.24) is 9.88 Å². The quantitative estimate of drug-likeness (QED) is 0.885. The number of hydrogen-bond acceptors (Lipinski definition) is 5. The van der Waals surface area contributed by atoms with Crippen molar-refractivity contribution in [2.24, 2.45) is 5.92 Å². The summed E-state index contributed by atoms with van der Waals surface area (Å²) in [7, 11) is -3.62. The molecule has 0 spiro atoms. The first-order valence-corrected chi connectivity index (χ1v) is 7.90. The van der Waals surface area contributed by atoms with Crippen molar-refractivity contribution < 1.29 is 17.4 Å². The third kappa shape index (κ3) is 3.49. The van der Waals surface area contributed by atoms with E-state index in [9.17, 15) is 8.42 Å². The standard InChI is InChI=1S/C13H18N2O4S/c1-9(2)6-7-14-20(16,17)13-5-4-11(18-13)12-8-10(3)15-19-12/h4-5,8-9,14H,6-7H2,1-3H3. The maximum Gasteiger partial charge on any atom is 0.273 e. The zero-order valence-corrected chi connectivity index (χ0v) is 12.5. The maximum absolute atomic E-state index is 12.0. The molecule has 0 unspecified atom stereocenters. The Hall–Kier alpha value is -1.60. The van der Waals surface area contributed by atoms with Crippen LogP contribution in [-0.2, 0) is 10.0 Å². The highest BCUT2D eigenvalue weighted by molar-refractivity contribution is 7.89. The van der Waals surface area contributed by atoms with Crippen molar-refractivity contribution in [3.63, 3.8) is 0 Å². The van der Waals surface area contributed by atoms with E-state index in [4.69, 9.17) is 8.94 Å². The van der Waals surface area contributed by atoms with Crippen LogP contribution in [0.4, 0.5) is 0 Å². The van der Waals surface area contributed by atoms with Gasteiger partial charge in [0.25, 0.3) is 10.0 Å². The van der Waals surface area contributed by atoms with Gasteiger partial charge in [0.05, 0.1) is 5.69 Å². The van der Waals surface area contributed by atoms with Gasteiger partial charge in [-0.2, -0.15) is 0 Å². The highest BCUT2D eigenvalue weighted by Crippen LogP contribution is 2.24. The maximum atomic E-state index is 12.0. The second kappa shape index (κ2) is 5.80. The molecular weight excluding hydrogens is 280 g/mol. The average molecular weight is 298 g/mol. The lowest BCUT2D eigenvalue weighted by molar-refractivity contribution is 0.397. The molecule has 0 aliphatic heterocycles. The lowest BCUT2D eigenvalue weighted by atomic mass is 10.1. The van der Waals surface area contributed by atoms with E-state index in [1.165, 1.54) is 6.07 Å². The molecule has 7 heteroatoms. The number of hydrogen-bond donors (Lipinski definition) is 1. The highest BCUT2D eigenvalue weighted by atomic mass is 32.2. The smallest absolute Gasteiger partial charge is 0.273 e. The van der Waals surface area contributed by atoms with Crippen LogP contribution in [0.15, 0.2) is 32.2 Å². The second-order valence-electron chi connectivity index (χ2n) is 5.03. The van der Waals surface area contributed by atoms with Gasteiger partial charge in [0, 0.05) is 12.6 Å². The average Bonchev–Trinajstić information content (AvgIpc) is 2.96. The number of aromatic nitrogens is 1. The van der Waals surface area contributed by atoms with Gasteiger partial charge in [-0.25, -0.2) is 13.1 Å². The zero-order chi connectivity index (χ0) is 14.8. The molecule has 0 saturated heterocycles. The second-order valence-corrected chi connectivity index (χ2v) is 6.73. The number of nitrogens with zero attached hydrogens (tertiary/aromatic N) is 1. The van der Waals surface area contributed by atoms with Gasteiger partial charge in [-0.1, -0.05) is 19.0 Å². The van der Waals surface area contributed by atoms with Gasteiger partial charge in [-0.3, -0.25) is 0 Å². The summed E-state index contributed by atoms with van der Waals surface area (Å²) in [6.07, 6.45) is 0.772. The predicted octanol–water partition coefficient (Wildman–Crippen LogP) is 2.57. The highest BCUT2D eigenvalue weighted by Gasteiger charge is 2.20. The van der Waals surface area contributed by atoms with E-state index in [2.05, 4.69) is 9.88 Å². The Balaban J connectivity index is 2.11. The third-order valence-electron chi connectivity index (χ3n) is 2.73. The molecule has 1 N–H and O–H groups in total. The minimum absolute atomic E-state index is 0.120. The Morgan fingerprint density at radius 2 is 2.05 bits per heavy atom. The first-order valence-electron chi connectivity index (χ1n) is 6.41. The first-order chi connectivity index (χ1) is 9.38. The van der Waals surface area contributed by atoms with Crippen LogP contribution in [0.25, 0.3) is 11.5 Å². The fourth-order valence-corrected chi connectivity index (χ4v) is 2.61. The summed E-state index contributed by atoms with van der Waals surface area (Å²) in [6, 6.07) is 4.64. The molecule has 0 radical (unpaired) electrons. The number of sulfonamides is 1. The van der Waals surface area contributed by atoms with E-state index in [1.807, 2.05) is 13.8 Å². The van der Waals surface area contributed by atoms with E-state index in [0.717, 1.165) is 6.42 Å². The summed E-state index contributed by atoms with van der Waals surface area (Å²) in [4.78, 5) is 0. The minimum Gasteiger partial charge on any atom is -0.440 e. The fraction of sp³-hybridized carbons (Fsp3) is 0.462. The van der Waals surface area contributed by atoms with Gasteiger partial charge in [0.15, 0.2) is 5.76 Å². The molecule has 0 amide bonds. The SMILES string of the molecule is Cc1cc(-c2ccc(S(=O)(=O)NCCC(C)C)o2)on1. The van der Waals surface area contributed by atoms with Gasteiger partial charge in [0.1, 0.15) is 0 Å². The molecule has 2 aromatic heterocycles. The van der Waals surface area contributed by atoms with Crippen LogP contribution < -0.4 is 4.72 Å². The summed E-state index contributed by atoms with van der Waals surface area (Å²) in [6.45, 7) is 6.23. The molecule has 110 valence electrons. The summed E-state index contributed by atoms with van der Waals surface area (Å²) < 4.78 is 36.9. The minimum atomic E-state index is -3.62. The Morgan fingerprint density at radius 3 is 2.65 bits per heavy atom. The number of rotatable bonds is 6.